The van der Waals surface area contributed by atoms with Gasteiger partial charge in [0.1, 0.15) is 11.6 Å². The van der Waals surface area contributed by atoms with Gasteiger partial charge in [-0.25, -0.2) is 9.18 Å². The molecule has 156 valence electrons. The third kappa shape index (κ3) is 5.05. The number of allylic oxidation sites excluding steroid dienone is 1. The summed E-state index contributed by atoms with van der Waals surface area (Å²) in [5.74, 6) is -1.22. The molecule has 0 heterocycles. The van der Waals surface area contributed by atoms with E-state index in [0.717, 1.165) is 16.7 Å². The first-order valence-corrected chi connectivity index (χ1v) is 10.0. The van der Waals surface area contributed by atoms with Crippen molar-refractivity contribution in [2.75, 3.05) is 0 Å². The molecule has 0 atom stereocenters. The Labute approximate surface area is 185 Å². The number of halogens is 1. The van der Waals surface area contributed by atoms with E-state index in [1.165, 1.54) is 24.3 Å². The first kappa shape index (κ1) is 20.9. The molecule has 0 bridgehead atoms. The molecule has 0 aliphatic heterocycles. The van der Waals surface area contributed by atoms with Crippen LogP contribution in [-0.4, -0.2) is 11.8 Å². The molecule has 0 amide bonds. The van der Waals surface area contributed by atoms with E-state index in [-0.39, 0.29) is 11.3 Å². The lowest BCUT2D eigenvalue weighted by molar-refractivity contribution is 0.0729. The van der Waals surface area contributed by atoms with Crippen LogP contribution in [0.3, 0.4) is 0 Å². The zero-order chi connectivity index (χ0) is 22.3. The predicted octanol–water partition coefficient (Wildman–Crippen LogP) is 6.61. The fraction of sp³-hybridized carbons (Fsp3) is 0. The highest BCUT2D eigenvalue weighted by atomic mass is 19.1. The Kier molecular flexibility index (Phi) is 6.33. The molecule has 4 aromatic carbocycles. The van der Waals surface area contributed by atoms with Gasteiger partial charge in [0.2, 0.25) is 0 Å². The minimum absolute atomic E-state index is 0.111. The average Bonchev–Trinajstić information content (AvgIpc) is 2.84. The number of carbonyl (C=O) groups excluding carboxylic acids is 2. The molecule has 4 rings (SSSR count). The zero-order valence-corrected chi connectivity index (χ0v) is 17.1. The van der Waals surface area contributed by atoms with Gasteiger partial charge in [-0.05, 0) is 47.0 Å². The number of ketones is 1. The lowest BCUT2D eigenvalue weighted by Gasteiger charge is -2.05. The summed E-state index contributed by atoms with van der Waals surface area (Å²) in [4.78, 5) is 24.6. The smallest absolute Gasteiger partial charge is 0.346 e. The van der Waals surface area contributed by atoms with Crippen molar-refractivity contribution in [2.45, 2.75) is 0 Å². The Hall–Kier alpha value is -4.31. The molecule has 0 radical (unpaired) electrons. The van der Waals surface area contributed by atoms with Crippen molar-refractivity contribution in [1.82, 2.24) is 0 Å². The largest absolute Gasteiger partial charge is 0.423 e. The van der Waals surface area contributed by atoms with Crippen molar-refractivity contribution in [1.29, 1.82) is 0 Å². The molecule has 0 unspecified atom stereocenters. The SMILES string of the molecule is O=C(/C=C/c1ccc(OC(=O)c2ccccc2F)cc1)c1ccc(-c2ccccc2)cc1. The molecule has 4 heteroatoms. The van der Waals surface area contributed by atoms with Crippen molar-refractivity contribution >= 4 is 17.8 Å². The monoisotopic (exact) mass is 422 g/mol. The molecule has 0 spiro atoms. The molecule has 4 aromatic rings. The van der Waals surface area contributed by atoms with E-state index in [1.807, 2.05) is 42.5 Å². The van der Waals surface area contributed by atoms with Gasteiger partial charge in [-0.1, -0.05) is 84.9 Å². The standard InChI is InChI=1S/C28H19FO3/c29-26-9-5-4-8-25(26)28(31)32-24-17-10-20(11-18-24)12-19-27(30)23-15-13-22(14-16-23)21-6-2-1-3-7-21/h1-19H/b19-12+. The van der Waals surface area contributed by atoms with Gasteiger partial charge in [-0.3, -0.25) is 4.79 Å². The normalized spacial score (nSPS) is 10.8. The highest BCUT2D eigenvalue weighted by molar-refractivity contribution is 6.07. The van der Waals surface area contributed by atoms with Gasteiger partial charge >= 0.3 is 5.97 Å². The van der Waals surface area contributed by atoms with Crippen LogP contribution in [0.5, 0.6) is 5.75 Å². The fourth-order valence-corrected chi connectivity index (χ4v) is 3.16. The van der Waals surface area contributed by atoms with Crippen LogP contribution in [0, 0.1) is 5.82 Å². The van der Waals surface area contributed by atoms with Gasteiger partial charge in [-0.2, -0.15) is 0 Å². The summed E-state index contributed by atoms with van der Waals surface area (Å²) in [6.45, 7) is 0. The second kappa shape index (κ2) is 9.67. The van der Waals surface area contributed by atoms with Gasteiger partial charge in [0.15, 0.2) is 5.78 Å². The van der Waals surface area contributed by atoms with E-state index in [4.69, 9.17) is 4.74 Å². The van der Waals surface area contributed by atoms with E-state index in [9.17, 15) is 14.0 Å². The van der Waals surface area contributed by atoms with Crippen LogP contribution in [0.4, 0.5) is 4.39 Å². The highest BCUT2D eigenvalue weighted by Gasteiger charge is 2.13. The van der Waals surface area contributed by atoms with Crippen molar-refractivity contribution < 1.29 is 18.7 Å². The summed E-state index contributed by atoms with van der Waals surface area (Å²) in [5, 5.41) is 0. The van der Waals surface area contributed by atoms with Gasteiger partial charge < -0.3 is 4.74 Å². The van der Waals surface area contributed by atoms with Crippen LogP contribution < -0.4 is 4.74 Å². The number of carbonyl (C=O) groups is 2. The molecule has 0 saturated carbocycles. The Morgan fingerprint density at radius 1 is 0.688 bits per heavy atom. The number of esters is 1. The van der Waals surface area contributed by atoms with Gasteiger partial charge in [0.05, 0.1) is 5.56 Å². The summed E-state index contributed by atoms with van der Waals surface area (Å²) < 4.78 is 18.9. The highest BCUT2D eigenvalue weighted by Crippen LogP contribution is 2.20. The number of hydrogen-bond acceptors (Lipinski definition) is 3. The molecular formula is C28H19FO3. The Bertz CT molecular complexity index is 1260. The van der Waals surface area contributed by atoms with Crippen LogP contribution in [0.25, 0.3) is 17.2 Å². The van der Waals surface area contributed by atoms with E-state index in [2.05, 4.69) is 0 Å². The molecule has 32 heavy (non-hydrogen) atoms. The molecule has 0 aromatic heterocycles. The van der Waals surface area contributed by atoms with Crippen LogP contribution in [0.15, 0.2) is 109 Å². The van der Waals surface area contributed by atoms with Gasteiger partial charge in [0.25, 0.3) is 0 Å². The minimum atomic E-state index is -0.763. The van der Waals surface area contributed by atoms with Crippen molar-refractivity contribution in [3.8, 4) is 16.9 Å². The number of hydrogen-bond donors (Lipinski definition) is 0. The van der Waals surface area contributed by atoms with Gasteiger partial charge in [0, 0.05) is 5.56 Å². The predicted molar refractivity (Wildman–Crippen MR) is 123 cm³/mol. The topological polar surface area (TPSA) is 43.4 Å². The summed E-state index contributed by atoms with van der Waals surface area (Å²) in [6, 6.07) is 29.7. The van der Waals surface area contributed by atoms with Crippen LogP contribution in [0.1, 0.15) is 26.3 Å². The maximum atomic E-state index is 13.7. The average molecular weight is 422 g/mol. The van der Waals surface area contributed by atoms with Crippen molar-refractivity contribution in [3.05, 3.63) is 132 Å². The third-order valence-electron chi connectivity index (χ3n) is 4.89. The summed E-state index contributed by atoms with van der Waals surface area (Å²) in [6.07, 6.45) is 3.19. The first-order chi connectivity index (χ1) is 15.6. The molecule has 0 N–H and O–H groups in total. The van der Waals surface area contributed by atoms with Crippen molar-refractivity contribution in [3.63, 3.8) is 0 Å². The summed E-state index contributed by atoms with van der Waals surface area (Å²) >= 11 is 0. The molecule has 0 fully saturated rings. The molecule has 0 saturated heterocycles. The van der Waals surface area contributed by atoms with E-state index < -0.39 is 11.8 Å². The zero-order valence-electron chi connectivity index (χ0n) is 17.1. The maximum Gasteiger partial charge on any atom is 0.346 e. The van der Waals surface area contributed by atoms with E-state index >= 15 is 0 Å². The van der Waals surface area contributed by atoms with Crippen molar-refractivity contribution in [2.24, 2.45) is 0 Å². The summed E-state index contributed by atoms with van der Waals surface area (Å²) in [5.41, 5.74) is 3.38. The Balaban J connectivity index is 1.39. The minimum Gasteiger partial charge on any atom is -0.423 e. The third-order valence-corrected chi connectivity index (χ3v) is 4.89. The molecule has 3 nitrogen and oxygen atoms in total. The number of benzene rings is 4. The van der Waals surface area contributed by atoms with Gasteiger partial charge in [-0.15, -0.1) is 0 Å². The maximum absolute atomic E-state index is 13.7. The molecule has 0 aliphatic carbocycles. The lowest BCUT2D eigenvalue weighted by atomic mass is 10.0. The van der Waals surface area contributed by atoms with Crippen LogP contribution in [0.2, 0.25) is 0 Å². The molecular weight excluding hydrogens is 403 g/mol. The lowest BCUT2D eigenvalue weighted by Crippen LogP contribution is -2.10. The van der Waals surface area contributed by atoms with E-state index in [1.54, 1.807) is 48.5 Å². The second-order valence-corrected chi connectivity index (χ2v) is 7.08. The quantitative estimate of drug-likeness (QED) is 0.152. The number of rotatable bonds is 6. The second-order valence-electron chi connectivity index (χ2n) is 7.08. The Morgan fingerprint density at radius 3 is 2.00 bits per heavy atom. The number of ether oxygens (including phenoxy) is 1. The fourth-order valence-electron chi connectivity index (χ4n) is 3.16. The Morgan fingerprint density at radius 2 is 1.31 bits per heavy atom. The molecule has 0 aliphatic rings. The van der Waals surface area contributed by atoms with Crippen LogP contribution in [-0.2, 0) is 0 Å². The van der Waals surface area contributed by atoms with Crippen LogP contribution >= 0.6 is 0 Å². The van der Waals surface area contributed by atoms with E-state index in [0.29, 0.717) is 11.3 Å². The first-order valence-electron chi connectivity index (χ1n) is 10.0. The summed E-state index contributed by atoms with van der Waals surface area (Å²) in [7, 11) is 0.